The molecule has 2 aromatic rings. The standard InChI is InChI=1S/C18H25N3O2S/c1-4-14-5-7-15(8-6-14)16(11-22)21-18(23)19-10-9-17-12(2)20-13(3)24-17/h5-8,16,22H,4,9-11H2,1-3H3,(H2,19,21,23). The Morgan fingerprint density at radius 2 is 2.00 bits per heavy atom. The zero-order valence-electron chi connectivity index (χ0n) is 14.4. The Labute approximate surface area is 147 Å². The molecule has 1 unspecified atom stereocenters. The second-order valence-corrected chi connectivity index (χ2v) is 7.01. The van der Waals surface area contributed by atoms with Crippen molar-refractivity contribution in [2.45, 2.75) is 39.7 Å². The Hall–Kier alpha value is -1.92. The predicted molar refractivity (Wildman–Crippen MR) is 97.5 cm³/mol. The number of carbonyl (C=O) groups excluding carboxylic acids is 1. The van der Waals surface area contributed by atoms with E-state index in [9.17, 15) is 9.90 Å². The molecule has 0 aliphatic carbocycles. The van der Waals surface area contributed by atoms with Crippen molar-refractivity contribution in [1.29, 1.82) is 0 Å². The summed E-state index contributed by atoms with van der Waals surface area (Å²) >= 11 is 1.66. The van der Waals surface area contributed by atoms with E-state index < -0.39 is 6.04 Å². The van der Waals surface area contributed by atoms with E-state index in [1.165, 1.54) is 10.4 Å². The Bertz CT molecular complexity index is 667. The van der Waals surface area contributed by atoms with Crippen molar-refractivity contribution in [3.05, 3.63) is 51.0 Å². The molecule has 0 saturated heterocycles. The molecule has 0 aliphatic heterocycles. The fraction of sp³-hybridized carbons (Fsp3) is 0.444. The second kappa shape index (κ2) is 8.80. The molecule has 0 saturated carbocycles. The SMILES string of the molecule is CCc1ccc(C(CO)NC(=O)NCCc2sc(C)nc2C)cc1. The quantitative estimate of drug-likeness (QED) is 0.721. The van der Waals surface area contributed by atoms with Crippen LogP contribution in [0.15, 0.2) is 24.3 Å². The molecule has 1 heterocycles. The average molecular weight is 347 g/mol. The normalized spacial score (nSPS) is 12.0. The highest BCUT2D eigenvalue weighted by atomic mass is 32.1. The van der Waals surface area contributed by atoms with Gasteiger partial charge in [0, 0.05) is 17.8 Å². The third-order valence-electron chi connectivity index (χ3n) is 3.92. The molecule has 2 amide bonds. The van der Waals surface area contributed by atoms with Gasteiger partial charge < -0.3 is 15.7 Å². The van der Waals surface area contributed by atoms with Gasteiger partial charge in [0.15, 0.2) is 0 Å². The summed E-state index contributed by atoms with van der Waals surface area (Å²) in [6, 6.07) is 7.27. The number of thiazole rings is 1. The Kier molecular flexibility index (Phi) is 6.75. The zero-order chi connectivity index (χ0) is 17.5. The van der Waals surface area contributed by atoms with E-state index in [-0.39, 0.29) is 12.6 Å². The number of aromatic nitrogens is 1. The van der Waals surface area contributed by atoms with Gasteiger partial charge >= 0.3 is 6.03 Å². The van der Waals surface area contributed by atoms with Crippen molar-refractivity contribution in [2.75, 3.05) is 13.2 Å². The number of urea groups is 1. The minimum absolute atomic E-state index is 0.133. The maximum atomic E-state index is 12.0. The van der Waals surface area contributed by atoms with Crippen molar-refractivity contribution in [3.63, 3.8) is 0 Å². The van der Waals surface area contributed by atoms with Crippen LogP contribution in [0, 0.1) is 13.8 Å². The summed E-state index contributed by atoms with van der Waals surface area (Å²) in [7, 11) is 0. The number of nitrogens with one attached hydrogen (secondary N) is 2. The van der Waals surface area contributed by atoms with Crippen molar-refractivity contribution >= 4 is 17.4 Å². The molecule has 6 heteroatoms. The molecule has 24 heavy (non-hydrogen) atoms. The molecular formula is C18H25N3O2S. The minimum atomic E-state index is -0.400. The number of carbonyl (C=O) groups is 1. The Morgan fingerprint density at radius 1 is 1.29 bits per heavy atom. The average Bonchev–Trinajstić information content (AvgIpc) is 2.90. The largest absolute Gasteiger partial charge is 0.394 e. The molecule has 1 aromatic heterocycles. The van der Waals surface area contributed by atoms with Gasteiger partial charge in [-0.25, -0.2) is 9.78 Å². The Balaban J connectivity index is 1.84. The number of aliphatic hydroxyl groups is 1. The molecule has 5 nitrogen and oxygen atoms in total. The van der Waals surface area contributed by atoms with Gasteiger partial charge in [0.25, 0.3) is 0 Å². The maximum Gasteiger partial charge on any atom is 0.315 e. The van der Waals surface area contributed by atoms with E-state index in [0.717, 1.165) is 29.1 Å². The minimum Gasteiger partial charge on any atom is -0.394 e. The fourth-order valence-electron chi connectivity index (χ4n) is 2.52. The second-order valence-electron chi connectivity index (χ2n) is 5.72. The van der Waals surface area contributed by atoms with E-state index in [2.05, 4.69) is 22.5 Å². The van der Waals surface area contributed by atoms with Crippen LogP contribution in [0.2, 0.25) is 0 Å². The van der Waals surface area contributed by atoms with Crippen LogP contribution in [0.1, 0.15) is 39.7 Å². The van der Waals surface area contributed by atoms with Crippen LogP contribution in [0.4, 0.5) is 4.79 Å². The summed E-state index contributed by atoms with van der Waals surface area (Å²) in [4.78, 5) is 17.6. The Morgan fingerprint density at radius 3 is 2.54 bits per heavy atom. The third-order valence-corrected chi connectivity index (χ3v) is 5.05. The van der Waals surface area contributed by atoms with Gasteiger partial charge in [-0.15, -0.1) is 11.3 Å². The van der Waals surface area contributed by atoms with Gasteiger partial charge in [-0.3, -0.25) is 0 Å². The van der Waals surface area contributed by atoms with E-state index in [0.29, 0.717) is 6.54 Å². The third kappa shape index (κ3) is 5.04. The van der Waals surface area contributed by atoms with Crippen LogP contribution in [0.25, 0.3) is 0 Å². The predicted octanol–water partition coefficient (Wildman–Crippen LogP) is 2.90. The summed E-state index contributed by atoms with van der Waals surface area (Å²) in [5.74, 6) is 0. The van der Waals surface area contributed by atoms with Gasteiger partial charge in [-0.1, -0.05) is 31.2 Å². The molecule has 2 rings (SSSR count). The van der Waals surface area contributed by atoms with Gasteiger partial charge in [0.1, 0.15) is 0 Å². The summed E-state index contributed by atoms with van der Waals surface area (Å²) in [6.07, 6.45) is 1.73. The molecule has 0 radical (unpaired) electrons. The van der Waals surface area contributed by atoms with Gasteiger partial charge in [0.05, 0.1) is 23.4 Å². The lowest BCUT2D eigenvalue weighted by Gasteiger charge is -2.17. The highest BCUT2D eigenvalue weighted by Crippen LogP contribution is 2.17. The first kappa shape index (κ1) is 18.4. The monoisotopic (exact) mass is 347 g/mol. The first-order valence-electron chi connectivity index (χ1n) is 8.20. The lowest BCUT2D eigenvalue weighted by Crippen LogP contribution is -2.40. The van der Waals surface area contributed by atoms with Crippen LogP contribution in [0.5, 0.6) is 0 Å². The highest BCUT2D eigenvalue weighted by molar-refractivity contribution is 7.11. The number of amides is 2. The summed E-state index contributed by atoms with van der Waals surface area (Å²) in [5.41, 5.74) is 3.16. The van der Waals surface area contributed by atoms with Crippen molar-refractivity contribution in [1.82, 2.24) is 15.6 Å². The summed E-state index contributed by atoms with van der Waals surface area (Å²) in [5, 5.41) is 16.2. The van der Waals surface area contributed by atoms with Crippen molar-refractivity contribution < 1.29 is 9.90 Å². The van der Waals surface area contributed by atoms with Gasteiger partial charge in [-0.2, -0.15) is 0 Å². The number of aliphatic hydroxyl groups excluding tert-OH is 1. The molecule has 0 bridgehead atoms. The van der Waals surface area contributed by atoms with Crippen LogP contribution < -0.4 is 10.6 Å². The van der Waals surface area contributed by atoms with Gasteiger partial charge in [0.2, 0.25) is 0 Å². The number of hydrogen-bond acceptors (Lipinski definition) is 4. The lowest BCUT2D eigenvalue weighted by atomic mass is 10.0. The van der Waals surface area contributed by atoms with E-state index in [4.69, 9.17) is 0 Å². The molecule has 0 fully saturated rings. The van der Waals surface area contributed by atoms with E-state index >= 15 is 0 Å². The molecule has 0 spiro atoms. The molecule has 130 valence electrons. The van der Waals surface area contributed by atoms with Crippen LogP contribution in [-0.2, 0) is 12.8 Å². The zero-order valence-corrected chi connectivity index (χ0v) is 15.2. The van der Waals surface area contributed by atoms with Crippen LogP contribution >= 0.6 is 11.3 Å². The smallest absolute Gasteiger partial charge is 0.315 e. The summed E-state index contributed by atoms with van der Waals surface area (Å²) in [6.45, 7) is 6.47. The molecule has 0 aliphatic rings. The fourth-order valence-corrected chi connectivity index (χ4v) is 3.46. The molecule has 1 atom stereocenters. The molecule has 1 aromatic carbocycles. The number of nitrogens with zero attached hydrogens (tertiary/aromatic N) is 1. The van der Waals surface area contributed by atoms with E-state index in [1.54, 1.807) is 11.3 Å². The lowest BCUT2D eigenvalue weighted by molar-refractivity contribution is 0.217. The number of rotatable bonds is 7. The number of benzene rings is 1. The molecule has 3 N–H and O–H groups in total. The van der Waals surface area contributed by atoms with Crippen LogP contribution in [0.3, 0.4) is 0 Å². The van der Waals surface area contributed by atoms with Crippen LogP contribution in [-0.4, -0.2) is 29.3 Å². The maximum absolute atomic E-state index is 12.0. The first-order valence-corrected chi connectivity index (χ1v) is 9.02. The van der Waals surface area contributed by atoms with Crippen molar-refractivity contribution in [3.8, 4) is 0 Å². The van der Waals surface area contributed by atoms with Crippen molar-refractivity contribution in [2.24, 2.45) is 0 Å². The van der Waals surface area contributed by atoms with Gasteiger partial charge in [-0.05, 0) is 31.4 Å². The summed E-state index contributed by atoms with van der Waals surface area (Å²) < 4.78 is 0. The molecular weight excluding hydrogens is 322 g/mol. The number of aryl methyl sites for hydroxylation is 3. The topological polar surface area (TPSA) is 74.2 Å². The number of hydrogen-bond donors (Lipinski definition) is 3. The first-order chi connectivity index (χ1) is 11.5. The van der Waals surface area contributed by atoms with E-state index in [1.807, 2.05) is 38.1 Å². The highest BCUT2D eigenvalue weighted by Gasteiger charge is 2.13.